The van der Waals surface area contributed by atoms with Crippen molar-refractivity contribution in [2.24, 2.45) is 0 Å². The highest BCUT2D eigenvalue weighted by Gasteiger charge is 2.38. The van der Waals surface area contributed by atoms with Gasteiger partial charge in [-0.1, -0.05) is 6.07 Å². The highest BCUT2D eigenvalue weighted by atomic mass is 16.6. The van der Waals surface area contributed by atoms with Gasteiger partial charge in [-0.15, -0.1) is 0 Å². The number of ether oxygens (including phenoxy) is 3. The number of carbonyl (C=O) groups is 2. The molecule has 0 unspecified atom stereocenters. The first kappa shape index (κ1) is 23.5. The Morgan fingerprint density at radius 1 is 1.12 bits per heavy atom. The number of hydrogen-bond acceptors (Lipinski definition) is 7. The summed E-state index contributed by atoms with van der Waals surface area (Å²) >= 11 is 0. The molecule has 9 heteroatoms. The fraction of sp³-hybridized carbons (Fsp3) is 0.250. The third-order valence-electron chi connectivity index (χ3n) is 5.00. The second-order valence-corrected chi connectivity index (χ2v) is 6.99. The number of hydrogen-bond donors (Lipinski definition) is 0. The maximum atomic E-state index is 13.4. The van der Waals surface area contributed by atoms with Crippen LogP contribution in [0.3, 0.4) is 0 Å². The number of nitro benzene ring substituents is 1. The number of rotatable bonds is 8. The molecule has 172 valence electrons. The molecule has 0 aliphatic carbocycles. The summed E-state index contributed by atoms with van der Waals surface area (Å²) < 4.78 is 15.7. The molecule has 0 N–H and O–H groups in total. The lowest BCUT2D eigenvalue weighted by atomic mass is 10.0. The molecule has 1 heterocycles. The second-order valence-electron chi connectivity index (χ2n) is 6.99. The van der Waals surface area contributed by atoms with Crippen molar-refractivity contribution in [3.05, 3.63) is 75.0 Å². The number of anilines is 1. The van der Waals surface area contributed by atoms with Gasteiger partial charge in [-0.05, 0) is 62.7 Å². The normalized spacial score (nSPS) is 14.6. The van der Waals surface area contributed by atoms with E-state index in [2.05, 4.69) is 0 Å². The van der Waals surface area contributed by atoms with Crippen LogP contribution in [0, 0.1) is 10.1 Å². The average Bonchev–Trinajstić information content (AvgIpc) is 3.04. The van der Waals surface area contributed by atoms with Crippen LogP contribution in [0.5, 0.6) is 11.5 Å². The molecule has 0 spiro atoms. The van der Waals surface area contributed by atoms with Gasteiger partial charge in [-0.3, -0.25) is 19.8 Å². The van der Waals surface area contributed by atoms with E-state index in [0.717, 1.165) is 0 Å². The standard InChI is InChI=1S/C24H24N2O7/c1-5-32-18-10-8-17(9-11-18)25-15(3)22(24(28)33-6-2)19(23(25)27)13-16-7-12-21(31-4)20(14-16)26(29)30/h7-14H,5-6H2,1-4H3/b19-13-. The average molecular weight is 452 g/mol. The van der Waals surface area contributed by atoms with Crippen molar-refractivity contribution >= 4 is 29.3 Å². The minimum atomic E-state index is -0.647. The minimum Gasteiger partial charge on any atom is -0.494 e. The number of esters is 1. The summed E-state index contributed by atoms with van der Waals surface area (Å²) in [5.41, 5.74) is 1.25. The van der Waals surface area contributed by atoms with Crippen LogP contribution in [0.15, 0.2) is 59.3 Å². The Bertz CT molecular complexity index is 1150. The number of amides is 1. The maximum Gasteiger partial charge on any atom is 0.340 e. The predicted molar refractivity (Wildman–Crippen MR) is 122 cm³/mol. The van der Waals surface area contributed by atoms with Gasteiger partial charge in [0.25, 0.3) is 5.91 Å². The zero-order valence-electron chi connectivity index (χ0n) is 18.8. The van der Waals surface area contributed by atoms with Crippen LogP contribution in [0.1, 0.15) is 26.3 Å². The minimum absolute atomic E-state index is 0.0827. The van der Waals surface area contributed by atoms with Gasteiger partial charge in [0.2, 0.25) is 0 Å². The Kier molecular flexibility index (Phi) is 7.12. The van der Waals surface area contributed by atoms with E-state index in [-0.39, 0.29) is 29.2 Å². The molecule has 9 nitrogen and oxygen atoms in total. The zero-order chi connectivity index (χ0) is 24.1. The van der Waals surface area contributed by atoms with Crippen molar-refractivity contribution in [2.75, 3.05) is 25.2 Å². The summed E-state index contributed by atoms with van der Waals surface area (Å²) in [5, 5.41) is 11.4. The molecule has 0 bridgehead atoms. The van der Waals surface area contributed by atoms with Crippen LogP contribution in [-0.2, 0) is 14.3 Å². The van der Waals surface area contributed by atoms with E-state index in [9.17, 15) is 19.7 Å². The van der Waals surface area contributed by atoms with Gasteiger partial charge in [0, 0.05) is 17.5 Å². The topological polar surface area (TPSA) is 108 Å². The number of methoxy groups -OCH3 is 1. The van der Waals surface area contributed by atoms with E-state index < -0.39 is 16.8 Å². The van der Waals surface area contributed by atoms with E-state index in [1.165, 1.54) is 30.2 Å². The van der Waals surface area contributed by atoms with Gasteiger partial charge in [-0.2, -0.15) is 0 Å². The Hall–Kier alpha value is -4.14. The lowest BCUT2D eigenvalue weighted by Crippen LogP contribution is -2.24. The van der Waals surface area contributed by atoms with Gasteiger partial charge >= 0.3 is 11.7 Å². The van der Waals surface area contributed by atoms with Crippen molar-refractivity contribution in [1.29, 1.82) is 0 Å². The third kappa shape index (κ3) is 4.72. The quantitative estimate of drug-likeness (QED) is 0.255. The Labute approximate surface area is 191 Å². The highest BCUT2D eigenvalue weighted by molar-refractivity contribution is 6.23. The molecule has 0 saturated carbocycles. The molecule has 3 rings (SSSR count). The van der Waals surface area contributed by atoms with E-state index in [4.69, 9.17) is 14.2 Å². The molecular weight excluding hydrogens is 428 g/mol. The maximum absolute atomic E-state index is 13.4. The summed E-state index contributed by atoms with van der Waals surface area (Å²) in [7, 11) is 1.33. The largest absolute Gasteiger partial charge is 0.494 e. The molecule has 1 aliphatic heterocycles. The number of benzene rings is 2. The molecular formula is C24H24N2O7. The van der Waals surface area contributed by atoms with Crippen LogP contribution < -0.4 is 14.4 Å². The van der Waals surface area contributed by atoms with Crippen LogP contribution in [0.25, 0.3) is 6.08 Å². The number of nitro groups is 1. The third-order valence-corrected chi connectivity index (χ3v) is 5.00. The molecule has 0 radical (unpaired) electrons. The predicted octanol–water partition coefficient (Wildman–Crippen LogP) is 4.27. The molecule has 0 saturated heterocycles. The number of nitrogens with zero attached hydrogens (tertiary/aromatic N) is 2. The Balaban J connectivity index is 2.10. The molecule has 0 atom stereocenters. The molecule has 0 fully saturated rings. The van der Waals surface area contributed by atoms with E-state index in [1.54, 1.807) is 44.2 Å². The zero-order valence-corrected chi connectivity index (χ0v) is 18.8. The Morgan fingerprint density at radius 2 is 1.82 bits per heavy atom. The van der Waals surface area contributed by atoms with Crippen molar-refractivity contribution in [3.63, 3.8) is 0 Å². The Morgan fingerprint density at radius 3 is 2.39 bits per heavy atom. The van der Waals surface area contributed by atoms with Crippen LogP contribution in [0.4, 0.5) is 11.4 Å². The summed E-state index contributed by atoms with van der Waals surface area (Å²) in [6.45, 7) is 5.84. The molecule has 33 heavy (non-hydrogen) atoms. The molecule has 1 aliphatic rings. The SMILES string of the molecule is CCOC(=O)C1=C(C)N(c2ccc(OCC)cc2)C(=O)/C1=C\c1ccc(OC)c([N+](=O)[O-])c1. The van der Waals surface area contributed by atoms with Gasteiger partial charge in [-0.25, -0.2) is 4.79 Å². The first-order valence-corrected chi connectivity index (χ1v) is 10.3. The fourth-order valence-electron chi connectivity index (χ4n) is 3.56. The monoisotopic (exact) mass is 452 g/mol. The van der Waals surface area contributed by atoms with Gasteiger partial charge in [0.05, 0.1) is 36.4 Å². The van der Waals surface area contributed by atoms with Crippen LogP contribution in [0.2, 0.25) is 0 Å². The van der Waals surface area contributed by atoms with E-state index in [0.29, 0.717) is 29.3 Å². The fourth-order valence-corrected chi connectivity index (χ4v) is 3.56. The highest BCUT2D eigenvalue weighted by Crippen LogP contribution is 2.37. The van der Waals surface area contributed by atoms with Crippen LogP contribution in [-0.4, -0.2) is 37.1 Å². The molecule has 0 aromatic heterocycles. The first-order chi connectivity index (χ1) is 15.8. The van der Waals surface area contributed by atoms with E-state index >= 15 is 0 Å². The second kappa shape index (κ2) is 9.99. The summed E-state index contributed by atoms with van der Waals surface area (Å²) in [5.74, 6) is -0.348. The first-order valence-electron chi connectivity index (χ1n) is 10.3. The van der Waals surface area contributed by atoms with Gasteiger partial charge in [0.15, 0.2) is 5.75 Å². The van der Waals surface area contributed by atoms with Crippen LogP contribution >= 0.6 is 0 Å². The van der Waals surface area contributed by atoms with Crippen molar-refractivity contribution in [2.45, 2.75) is 20.8 Å². The van der Waals surface area contributed by atoms with Crippen molar-refractivity contribution < 1.29 is 28.7 Å². The molecule has 2 aromatic carbocycles. The van der Waals surface area contributed by atoms with Crippen molar-refractivity contribution in [3.8, 4) is 11.5 Å². The summed E-state index contributed by atoms with van der Waals surface area (Å²) in [6.07, 6.45) is 1.44. The summed E-state index contributed by atoms with van der Waals surface area (Å²) in [4.78, 5) is 38.4. The number of allylic oxidation sites excluding steroid dienone is 1. The van der Waals surface area contributed by atoms with Gasteiger partial charge < -0.3 is 14.2 Å². The lowest BCUT2D eigenvalue weighted by Gasteiger charge is -2.18. The molecule has 1 amide bonds. The summed E-state index contributed by atoms with van der Waals surface area (Å²) in [6, 6.07) is 11.2. The lowest BCUT2D eigenvalue weighted by molar-refractivity contribution is -0.385. The number of carbonyl (C=O) groups excluding carboxylic acids is 2. The smallest absolute Gasteiger partial charge is 0.340 e. The van der Waals surface area contributed by atoms with Gasteiger partial charge in [0.1, 0.15) is 5.75 Å². The molecule has 2 aromatic rings. The van der Waals surface area contributed by atoms with E-state index in [1.807, 2.05) is 6.92 Å². The van der Waals surface area contributed by atoms with Crippen molar-refractivity contribution in [1.82, 2.24) is 0 Å².